The van der Waals surface area contributed by atoms with E-state index < -0.39 is 5.60 Å². The van der Waals surface area contributed by atoms with Crippen molar-refractivity contribution in [1.82, 2.24) is 15.5 Å². The number of alkyl carbamates (subject to hydrolysis) is 1. The maximum atomic E-state index is 14.6. The van der Waals surface area contributed by atoms with Crippen LogP contribution in [-0.2, 0) is 10.2 Å². The van der Waals surface area contributed by atoms with Crippen LogP contribution >= 0.6 is 0 Å². The Balaban J connectivity index is 1.71. The van der Waals surface area contributed by atoms with Gasteiger partial charge in [-0.05, 0) is 109 Å². The first-order chi connectivity index (χ1) is 15.3. The largest absolute Gasteiger partial charge is 0.444 e. The van der Waals surface area contributed by atoms with Gasteiger partial charge in [0.2, 0.25) is 0 Å². The number of halogens is 1. The minimum Gasteiger partial charge on any atom is -0.444 e. The Morgan fingerprint density at radius 1 is 1.16 bits per heavy atom. The molecule has 0 unspecified atom stereocenters. The molecule has 3 atom stereocenters. The highest BCUT2D eigenvalue weighted by molar-refractivity contribution is 5.68. The van der Waals surface area contributed by atoms with Gasteiger partial charge in [-0.3, -0.25) is 0 Å². The molecule has 178 valence electrons. The van der Waals surface area contributed by atoms with E-state index in [1.165, 1.54) is 6.42 Å². The van der Waals surface area contributed by atoms with Crippen LogP contribution in [0.2, 0.25) is 0 Å². The number of carbonyl (C=O) groups is 1. The van der Waals surface area contributed by atoms with Crippen LogP contribution in [-0.4, -0.2) is 55.4 Å². The van der Waals surface area contributed by atoms with Crippen LogP contribution in [0.1, 0.15) is 64.9 Å². The van der Waals surface area contributed by atoms with E-state index >= 15 is 0 Å². The normalized spacial score (nSPS) is 26.9. The molecule has 2 N–H and O–H groups in total. The Bertz CT molecular complexity index is 786. The van der Waals surface area contributed by atoms with Crippen LogP contribution in [0.15, 0.2) is 24.3 Å². The summed E-state index contributed by atoms with van der Waals surface area (Å²) in [7, 11) is 0. The van der Waals surface area contributed by atoms with E-state index in [0.717, 1.165) is 70.4 Å². The van der Waals surface area contributed by atoms with Gasteiger partial charge in [-0.15, -0.1) is 0 Å². The van der Waals surface area contributed by atoms with Gasteiger partial charge in [0, 0.05) is 18.0 Å². The Morgan fingerprint density at radius 2 is 1.91 bits per heavy atom. The van der Waals surface area contributed by atoms with Crippen molar-refractivity contribution in [3.05, 3.63) is 35.6 Å². The second kappa shape index (κ2) is 9.68. The van der Waals surface area contributed by atoms with Crippen LogP contribution in [0.25, 0.3) is 0 Å². The standard InChI is InChI=1S/C26H40FN3O2/c1-25(2,3)32-24(31)29-23-10-5-9-22(23)26(18-30-15-6-16-30,19-11-13-28-14-12-19)20-7-4-8-21(27)17-20/h4,7-8,17,19,22-23,28H,5-6,9-16,18H2,1-3H3,(H,29,31)/t22-,23-,26-/m0/s1. The third-order valence-corrected chi connectivity index (χ3v) is 7.74. The predicted octanol–water partition coefficient (Wildman–Crippen LogP) is 4.46. The number of carbonyl (C=O) groups excluding carboxylic acids is 1. The van der Waals surface area contributed by atoms with Crippen molar-refractivity contribution < 1.29 is 13.9 Å². The van der Waals surface area contributed by atoms with Gasteiger partial charge in [0.25, 0.3) is 0 Å². The lowest BCUT2D eigenvalue weighted by molar-refractivity contribution is 0.0305. The zero-order valence-electron chi connectivity index (χ0n) is 20.0. The Morgan fingerprint density at radius 3 is 2.53 bits per heavy atom. The monoisotopic (exact) mass is 445 g/mol. The summed E-state index contributed by atoms with van der Waals surface area (Å²) in [5.74, 6) is 0.553. The SMILES string of the molecule is CC(C)(C)OC(=O)N[C@H]1CCC[C@@H]1[C@](CN1CCC1)(c1cccc(F)c1)C1CCNCC1. The van der Waals surface area contributed by atoms with Crippen molar-refractivity contribution in [3.63, 3.8) is 0 Å². The number of nitrogens with zero attached hydrogens (tertiary/aromatic N) is 1. The number of piperidine rings is 1. The third kappa shape index (κ3) is 5.12. The zero-order valence-corrected chi connectivity index (χ0v) is 20.0. The average molecular weight is 446 g/mol. The van der Waals surface area contributed by atoms with E-state index in [0.29, 0.717) is 5.92 Å². The lowest BCUT2D eigenvalue weighted by Gasteiger charge is -2.53. The zero-order chi connectivity index (χ0) is 22.8. The van der Waals surface area contributed by atoms with Crippen LogP contribution in [0, 0.1) is 17.7 Å². The molecule has 32 heavy (non-hydrogen) atoms. The molecule has 2 aliphatic heterocycles. The summed E-state index contributed by atoms with van der Waals surface area (Å²) in [5.41, 5.74) is 0.407. The van der Waals surface area contributed by atoms with Crippen molar-refractivity contribution in [1.29, 1.82) is 0 Å². The van der Waals surface area contributed by atoms with Crippen molar-refractivity contribution in [2.75, 3.05) is 32.7 Å². The van der Waals surface area contributed by atoms with Crippen molar-refractivity contribution in [2.45, 2.75) is 76.4 Å². The molecule has 1 aromatic rings. The molecule has 2 heterocycles. The number of amides is 1. The number of nitrogens with one attached hydrogen (secondary N) is 2. The highest BCUT2D eigenvalue weighted by atomic mass is 19.1. The van der Waals surface area contributed by atoms with E-state index in [-0.39, 0.29) is 29.3 Å². The first-order valence-electron chi connectivity index (χ1n) is 12.5. The molecular formula is C26H40FN3O2. The Hall–Kier alpha value is -1.66. The summed E-state index contributed by atoms with van der Waals surface area (Å²) in [6.07, 6.45) is 6.14. The fourth-order valence-corrected chi connectivity index (χ4v) is 6.32. The molecule has 1 amide bonds. The van der Waals surface area contributed by atoms with Gasteiger partial charge in [0.05, 0.1) is 0 Å². The van der Waals surface area contributed by atoms with Crippen LogP contribution in [0.5, 0.6) is 0 Å². The molecule has 0 aromatic heterocycles. The molecular weight excluding hydrogens is 405 g/mol. The molecule has 1 aliphatic carbocycles. The number of hydrogen-bond acceptors (Lipinski definition) is 4. The van der Waals surface area contributed by atoms with E-state index in [1.807, 2.05) is 26.8 Å². The lowest BCUT2D eigenvalue weighted by Crippen LogP contribution is -2.59. The predicted molar refractivity (Wildman–Crippen MR) is 125 cm³/mol. The molecule has 1 saturated carbocycles. The van der Waals surface area contributed by atoms with Gasteiger partial charge in [0.15, 0.2) is 0 Å². The first kappa shape index (κ1) is 23.5. The molecule has 2 saturated heterocycles. The highest BCUT2D eigenvalue weighted by Gasteiger charge is 2.52. The molecule has 1 aromatic carbocycles. The van der Waals surface area contributed by atoms with Gasteiger partial charge in [-0.1, -0.05) is 18.6 Å². The Labute approximate surface area is 192 Å². The number of rotatable bonds is 6. The second-order valence-corrected chi connectivity index (χ2v) is 11.0. The highest BCUT2D eigenvalue weighted by Crippen LogP contribution is 2.51. The van der Waals surface area contributed by atoms with Gasteiger partial charge in [-0.2, -0.15) is 0 Å². The summed E-state index contributed by atoms with van der Waals surface area (Å²) in [5, 5.41) is 6.75. The average Bonchev–Trinajstić information content (AvgIpc) is 3.15. The van der Waals surface area contributed by atoms with Crippen LogP contribution in [0.3, 0.4) is 0 Å². The minimum absolute atomic E-state index is 0.0456. The Kier molecular flexibility index (Phi) is 7.11. The number of ether oxygens (including phenoxy) is 1. The lowest BCUT2D eigenvalue weighted by atomic mass is 9.58. The van der Waals surface area contributed by atoms with Gasteiger partial charge in [-0.25, -0.2) is 9.18 Å². The van der Waals surface area contributed by atoms with E-state index in [1.54, 1.807) is 12.1 Å². The van der Waals surface area contributed by atoms with Crippen LogP contribution in [0.4, 0.5) is 9.18 Å². The van der Waals surface area contributed by atoms with Crippen molar-refractivity contribution >= 4 is 6.09 Å². The maximum absolute atomic E-state index is 14.6. The molecule has 6 heteroatoms. The summed E-state index contributed by atoms with van der Waals surface area (Å²) in [6, 6.07) is 7.36. The molecule has 4 rings (SSSR count). The number of likely N-dealkylation sites (tertiary alicyclic amines) is 1. The third-order valence-electron chi connectivity index (χ3n) is 7.74. The topological polar surface area (TPSA) is 53.6 Å². The minimum atomic E-state index is -0.523. The summed E-state index contributed by atoms with van der Waals surface area (Å²) in [6.45, 7) is 10.9. The molecule has 3 aliphatic rings. The van der Waals surface area contributed by atoms with E-state index in [4.69, 9.17) is 4.74 Å². The maximum Gasteiger partial charge on any atom is 0.407 e. The first-order valence-corrected chi connectivity index (χ1v) is 12.5. The van der Waals surface area contributed by atoms with Crippen molar-refractivity contribution in [3.8, 4) is 0 Å². The molecule has 3 fully saturated rings. The second-order valence-electron chi connectivity index (χ2n) is 11.0. The number of hydrogen-bond donors (Lipinski definition) is 2. The molecule has 0 radical (unpaired) electrons. The van der Waals surface area contributed by atoms with E-state index in [9.17, 15) is 9.18 Å². The fraction of sp³-hybridized carbons (Fsp3) is 0.731. The van der Waals surface area contributed by atoms with Crippen LogP contribution < -0.4 is 10.6 Å². The van der Waals surface area contributed by atoms with Gasteiger partial charge >= 0.3 is 6.09 Å². The summed E-state index contributed by atoms with van der Waals surface area (Å²) >= 11 is 0. The van der Waals surface area contributed by atoms with Gasteiger partial charge in [0.1, 0.15) is 11.4 Å². The quantitative estimate of drug-likeness (QED) is 0.679. The van der Waals surface area contributed by atoms with Gasteiger partial charge < -0.3 is 20.3 Å². The fourth-order valence-electron chi connectivity index (χ4n) is 6.32. The number of benzene rings is 1. The smallest absolute Gasteiger partial charge is 0.407 e. The molecule has 0 spiro atoms. The summed E-state index contributed by atoms with van der Waals surface area (Å²) < 4.78 is 20.2. The summed E-state index contributed by atoms with van der Waals surface area (Å²) in [4.78, 5) is 15.3. The molecule has 0 bridgehead atoms. The van der Waals surface area contributed by atoms with Crippen molar-refractivity contribution in [2.24, 2.45) is 11.8 Å². The molecule has 5 nitrogen and oxygen atoms in total. The van der Waals surface area contributed by atoms with E-state index in [2.05, 4.69) is 21.6 Å².